The second-order valence-corrected chi connectivity index (χ2v) is 6.31. The molecule has 0 saturated carbocycles. The van der Waals surface area contributed by atoms with Crippen LogP contribution in [0.15, 0.2) is 36.4 Å². The van der Waals surface area contributed by atoms with Gasteiger partial charge >= 0.3 is 0 Å². The summed E-state index contributed by atoms with van der Waals surface area (Å²) in [7, 11) is 0. The average Bonchev–Trinajstić information content (AvgIpc) is 2.65. The molecule has 0 radical (unpaired) electrons. The van der Waals surface area contributed by atoms with Gasteiger partial charge in [-0.2, -0.15) is 5.26 Å². The van der Waals surface area contributed by atoms with Crippen LogP contribution in [0, 0.1) is 17.1 Å². The number of carbonyl (C=O) groups excluding carboxylic acids is 1. The SMILES string of the molecule is N#Cc1nc(N2CCN(CC(=O)Nc3ccccc3F)CC2)ccc1Cl. The standard InChI is InChI=1S/C18H17ClFN5O/c19-13-5-6-17(22-16(13)11-21)25-9-7-24(8-10-25)12-18(26)23-15-4-2-1-3-14(15)20/h1-6H,7-10,12H2,(H,23,26). The van der Waals surface area contributed by atoms with Crippen molar-refractivity contribution in [3.63, 3.8) is 0 Å². The number of piperazine rings is 1. The van der Waals surface area contributed by atoms with Crippen molar-refractivity contribution < 1.29 is 9.18 Å². The molecule has 134 valence electrons. The number of aromatic nitrogens is 1. The fraction of sp³-hybridized carbons (Fsp3) is 0.278. The van der Waals surface area contributed by atoms with Crippen LogP contribution in [0.4, 0.5) is 15.9 Å². The molecule has 26 heavy (non-hydrogen) atoms. The van der Waals surface area contributed by atoms with Gasteiger partial charge < -0.3 is 10.2 Å². The van der Waals surface area contributed by atoms with Crippen molar-refractivity contribution >= 4 is 29.0 Å². The molecule has 1 amide bonds. The topological polar surface area (TPSA) is 72.3 Å². The molecule has 1 aliphatic heterocycles. The lowest BCUT2D eigenvalue weighted by molar-refractivity contribution is -0.117. The highest BCUT2D eigenvalue weighted by Crippen LogP contribution is 2.20. The van der Waals surface area contributed by atoms with E-state index in [0.29, 0.717) is 37.0 Å². The summed E-state index contributed by atoms with van der Waals surface area (Å²) >= 11 is 5.91. The molecule has 3 rings (SSSR count). The molecule has 6 nitrogen and oxygen atoms in total. The zero-order chi connectivity index (χ0) is 18.5. The molecule has 2 aromatic rings. The lowest BCUT2D eigenvalue weighted by Gasteiger charge is -2.35. The van der Waals surface area contributed by atoms with E-state index in [4.69, 9.17) is 16.9 Å². The first-order valence-electron chi connectivity index (χ1n) is 8.15. The molecule has 1 saturated heterocycles. The van der Waals surface area contributed by atoms with E-state index < -0.39 is 5.82 Å². The van der Waals surface area contributed by atoms with E-state index in [9.17, 15) is 9.18 Å². The molecule has 1 fully saturated rings. The van der Waals surface area contributed by atoms with E-state index >= 15 is 0 Å². The summed E-state index contributed by atoms with van der Waals surface area (Å²) < 4.78 is 13.6. The Labute approximate surface area is 155 Å². The number of hydrogen-bond donors (Lipinski definition) is 1. The van der Waals surface area contributed by atoms with Crippen molar-refractivity contribution in [2.45, 2.75) is 0 Å². The number of nitriles is 1. The van der Waals surface area contributed by atoms with Crippen LogP contribution in [0.25, 0.3) is 0 Å². The van der Waals surface area contributed by atoms with E-state index in [1.54, 1.807) is 24.3 Å². The molecule has 8 heteroatoms. The number of pyridine rings is 1. The number of carbonyl (C=O) groups is 1. The Balaban J connectivity index is 1.53. The monoisotopic (exact) mass is 373 g/mol. The van der Waals surface area contributed by atoms with Crippen molar-refractivity contribution in [3.8, 4) is 6.07 Å². The Bertz CT molecular complexity index is 846. The number of hydrogen-bond acceptors (Lipinski definition) is 5. The second-order valence-electron chi connectivity index (χ2n) is 5.90. The quantitative estimate of drug-likeness (QED) is 0.891. The third-order valence-electron chi connectivity index (χ3n) is 4.15. The third-order valence-corrected chi connectivity index (χ3v) is 4.45. The van der Waals surface area contributed by atoms with Crippen molar-refractivity contribution in [3.05, 3.63) is 52.9 Å². The van der Waals surface area contributed by atoms with Crippen LogP contribution >= 0.6 is 11.6 Å². The van der Waals surface area contributed by atoms with Crippen LogP contribution in [0.1, 0.15) is 5.69 Å². The molecular formula is C18H17ClFN5O. The Morgan fingerprint density at radius 1 is 1.23 bits per heavy atom. The Morgan fingerprint density at radius 2 is 1.96 bits per heavy atom. The van der Waals surface area contributed by atoms with Crippen LogP contribution in [-0.4, -0.2) is 48.5 Å². The average molecular weight is 374 g/mol. The van der Waals surface area contributed by atoms with Gasteiger partial charge in [0, 0.05) is 26.2 Å². The number of anilines is 2. The van der Waals surface area contributed by atoms with Crippen molar-refractivity contribution in [2.75, 3.05) is 42.9 Å². The minimum Gasteiger partial charge on any atom is -0.354 e. The fourth-order valence-corrected chi connectivity index (χ4v) is 2.92. The molecule has 0 unspecified atom stereocenters. The smallest absolute Gasteiger partial charge is 0.238 e. The summed E-state index contributed by atoms with van der Waals surface area (Å²) in [4.78, 5) is 20.4. The summed E-state index contributed by atoms with van der Waals surface area (Å²) in [5, 5.41) is 12.0. The third kappa shape index (κ3) is 4.28. The molecule has 1 N–H and O–H groups in total. The van der Waals surface area contributed by atoms with Crippen LogP contribution in [-0.2, 0) is 4.79 Å². The normalized spacial score (nSPS) is 14.7. The Hall–Kier alpha value is -2.69. The largest absolute Gasteiger partial charge is 0.354 e. The Kier molecular flexibility index (Phi) is 5.66. The zero-order valence-corrected chi connectivity index (χ0v) is 14.7. The van der Waals surface area contributed by atoms with Gasteiger partial charge in [-0.15, -0.1) is 0 Å². The maximum atomic E-state index is 13.6. The predicted octanol–water partition coefficient (Wildman–Crippen LogP) is 2.51. The van der Waals surface area contributed by atoms with Gasteiger partial charge in [0.2, 0.25) is 5.91 Å². The first-order valence-corrected chi connectivity index (χ1v) is 8.53. The van der Waals surface area contributed by atoms with Gasteiger partial charge in [0.15, 0.2) is 5.69 Å². The molecule has 1 aliphatic rings. The summed E-state index contributed by atoms with van der Waals surface area (Å²) in [5.41, 5.74) is 0.390. The summed E-state index contributed by atoms with van der Waals surface area (Å²) in [6.45, 7) is 2.87. The first kappa shape index (κ1) is 18.1. The van der Waals surface area contributed by atoms with E-state index in [1.165, 1.54) is 12.1 Å². The number of halogens is 2. The van der Waals surface area contributed by atoms with Gasteiger partial charge in [-0.25, -0.2) is 9.37 Å². The number of nitrogens with zero attached hydrogens (tertiary/aromatic N) is 4. The maximum Gasteiger partial charge on any atom is 0.238 e. The highest BCUT2D eigenvalue weighted by Gasteiger charge is 2.21. The molecule has 0 bridgehead atoms. The summed E-state index contributed by atoms with van der Waals surface area (Å²) in [6, 6.07) is 11.5. The molecule has 0 atom stereocenters. The summed E-state index contributed by atoms with van der Waals surface area (Å²) in [6.07, 6.45) is 0. The van der Waals surface area contributed by atoms with Crippen LogP contribution in [0.2, 0.25) is 5.02 Å². The lowest BCUT2D eigenvalue weighted by Crippen LogP contribution is -2.49. The zero-order valence-electron chi connectivity index (χ0n) is 14.0. The van der Waals surface area contributed by atoms with Crippen molar-refractivity contribution in [2.24, 2.45) is 0 Å². The maximum absolute atomic E-state index is 13.6. The van der Waals surface area contributed by atoms with Gasteiger partial charge in [0.05, 0.1) is 17.3 Å². The predicted molar refractivity (Wildman–Crippen MR) is 97.6 cm³/mol. The van der Waals surface area contributed by atoms with E-state index in [0.717, 1.165) is 0 Å². The lowest BCUT2D eigenvalue weighted by atomic mass is 10.2. The van der Waals surface area contributed by atoms with Gasteiger partial charge in [-0.1, -0.05) is 23.7 Å². The molecule has 0 aliphatic carbocycles. The second kappa shape index (κ2) is 8.13. The van der Waals surface area contributed by atoms with Gasteiger partial charge in [-0.05, 0) is 24.3 Å². The van der Waals surface area contributed by atoms with Gasteiger partial charge in [0.1, 0.15) is 17.7 Å². The van der Waals surface area contributed by atoms with Crippen molar-refractivity contribution in [1.29, 1.82) is 5.26 Å². The van der Waals surface area contributed by atoms with Crippen molar-refractivity contribution in [1.82, 2.24) is 9.88 Å². The van der Waals surface area contributed by atoms with Crippen LogP contribution in [0.3, 0.4) is 0 Å². The minimum atomic E-state index is -0.451. The molecule has 0 spiro atoms. The fourth-order valence-electron chi connectivity index (χ4n) is 2.78. The van der Waals surface area contributed by atoms with E-state index in [-0.39, 0.29) is 23.8 Å². The molecular weight excluding hydrogens is 357 g/mol. The number of para-hydroxylation sites is 1. The first-order chi connectivity index (χ1) is 12.6. The number of nitrogens with one attached hydrogen (secondary N) is 1. The van der Waals surface area contributed by atoms with Crippen LogP contribution < -0.4 is 10.2 Å². The molecule has 2 heterocycles. The number of amides is 1. The van der Waals surface area contributed by atoms with Gasteiger partial charge in [-0.3, -0.25) is 9.69 Å². The molecule has 1 aromatic carbocycles. The Morgan fingerprint density at radius 3 is 2.65 bits per heavy atom. The highest BCUT2D eigenvalue weighted by atomic mass is 35.5. The molecule has 1 aromatic heterocycles. The van der Waals surface area contributed by atoms with E-state index in [1.807, 2.05) is 15.9 Å². The number of benzene rings is 1. The van der Waals surface area contributed by atoms with E-state index in [2.05, 4.69) is 10.3 Å². The van der Waals surface area contributed by atoms with Crippen LogP contribution in [0.5, 0.6) is 0 Å². The summed E-state index contributed by atoms with van der Waals surface area (Å²) in [5.74, 6) is -0.00544. The highest BCUT2D eigenvalue weighted by molar-refractivity contribution is 6.31. The number of rotatable bonds is 4. The van der Waals surface area contributed by atoms with Gasteiger partial charge in [0.25, 0.3) is 0 Å². The minimum absolute atomic E-state index is 0.186.